The van der Waals surface area contributed by atoms with Crippen molar-refractivity contribution < 1.29 is 19.1 Å². The summed E-state index contributed by atoms with van der Waals surface area (Å²) in [6.45, 7) is 3.47. The van der Waals surface area contributed by atoms with Gasteiger partial charge < -0.3 is 9.47 Å². The fraction of sp³-hybridized carbons (Fsp3) is 0.667. The van der Waals surface area contributed by atoms with Crippen molar-refractivity contribution in [2.24, 2.45) is 11.8 Å². The van der Waals surface area contributed by atoms with E-state index in [9.17, 15) is 9.59 Å². The molecule has 186 valence electrons. The van der Waals surface area contributed by atoms with Crippen LogP contribution in [0.25, 0.3) is 0 Å². The summed E-state index contributed by atoms with van der Waals surface area (Å²) in [6.07, 6.45) is 16.5. The average molecular weight is 467 g/mol. The van der Waals surface area contributed by atoms with Crippen LogP contribution in [0.1, 0.15) is 107 Å². The molecule has 0 saturated heterocycles. The molecule has 0 radical (unpaired) electrons. The number of fused-ring (bicyclic) bond motifs is 2. The van der Waals surface area contributed by atoms with Gasteiger partial charge in [-0.05, 0) is 73.8 Å². The Hall–Kier alpha value is -1.94. The van der Waals surface area contributed by atoms with E-state index in [1.807, 2.05) is 0 Å². The molecule has 0 spiro atoms. The van der Waals surface area contributed by atoms with Gasteiger partial charge in [-0.15, -0.1) is 0 Å². The molecule has 0 heterocycles. The van der Waals surface area contributed by atoms with Crippen molar-refractivity contribution in [1.29, 1.82) is 0 Å². The summed E-state index contributed by atoms with van der Waals surface area (Å²) < 4.78 is 11.6. The molecule has 3 aliphatic rings. The van der Waals surface area contributed by atoms with Gasteiger partial charge in [-0.2, -0.15) is 0 Å². The molecule has 3 fully saturated rings. The quantitative estimate of drug-likeness (QED) is 0.199. The highest BCUT2D eigenvalue weighted by molar-refractivity contribution is 5.85. The Morgan fingerprint density at radius 3 is 2.47 bits per heavy atom. The molecule has 1 aromatic carbocycles. The number of carbonyl (C=O) groups is 2. The largest absolute Gasteiger partial charge is 0.458 e. The SMILES string of the molecule is CCCCCCCOC1CCC(c2ccc(COC(=O)/C=C3\CC4CC(=O)CC3C4)cc2)CC1. The molecule has 2 bridgehead atoms. The number of hydrogen-bond donors (Lipinski definition) is 0. The van der Waals surface area contributed by atoms with Gasteiger partial charge in [0, 0.05) is 25.5 Å². The van der Waals surface area contributed by atoms with E-state index >= 15 is 0 Å². The number of benzene rings is 1. The molecule has 1 aromatic rings. The minimum Gasteiger partial charge on any atom is -0.458 e. The minimum absolute atomic E-state index is 0.268. The predicted octanol–water partition coefficient (Wildman–Crippen LogP) is 7.06. The Kier molecular flexibility index (Phi) is 9.38. The van der Waals surface area contributed by atoms with Gasteiger partial charge in [-0.25, -0.2) is 4.79 Å². The van der Waals surface area contributed by atoms with Crippen molar-refractivity contribution in [1.82, 2.24) is 0 Å². The molecular weight excluding hydrogens is 424 g/mol. The Labute approximate surface area is 205 Å². The molecule has 2 atom stereocenters. The standard InChI is InChI=1S/C30H42O4/c1-2-3-4-5-6-15-33-29-13-11-25(12-14-29)24-9-7-22(8-10-24)21-34-30(32)20-27-17-23-16-26(27)19-28(31)18-23/h7-10,20,23,25-26,29H,2-6,11-19,21H2,1H3/b27-20+. The lowest BCUT2D eigenvalue weighted by Gasteiger charge is -2.29. The Balaban J connectivity index is 1.15. The highest BCUT2D eigenvalue weighted by atomic mass is 16.5. The summed E-state index contributed by atoms with van der Waals surface area (Å²) >= 11 is 0. The lowest BCUT2D eigenvalue weighted by molar-refractivity contribution is -0.139. The molecule has 4 nitrogen and oxygen atoms in total. The second-order valence-electron chi connectivity index (χ2n) is 10.8. The topological polar surface area (TPSA) is 52.6 Å². The number of ketones is 1. The maximum absolute atomic E-state index is 12.3. The van der Waals surface area contributed by atoms with Crippen molar-refractivity contribution in [3.05, 3.63) is 47.0 Å². The van der Waals surface area contributed by atoms with E-state index in [0.29, 0.717) is 43.2 Å². The van der Waals surface area contributed by atoms with E-state index < -0.39 is 0 Å². The summed E-state index contributed by atoms with van der Waals surface area (Å²) in [7, 11) is 0. The Morgan fingerprint density at radius 2 is 1.71 bits per heavy atom. The first-order chi connectivity index (χ1) is 16.6. The van der Waals surface area contributed by atoms with Crippen LogP contribution in [0.5, 0.6) is 0 Å². The third-order valence-electron chi connectivity index (χ3n) is 8.07. The molecule has 4 heteroatoms. The first-order valence-corrected chi connectivity index (χ1v) is 13.7. The van der Waals surface area contributed by atoms with Crippen molar-refractivity contribution in [2.45, 2.75) is 109 Å². The van der Waals surface area contributed by atoms with Crippen LogP contribution >= 0.6 is 0 Å². The summed E-state index contributed by atoms with van der Waals surface area (Å²) in [4.78, 5) is 24.1. The number of ether oxygens (including phenoxy) is 2. The lowest BCUT2D eigenvalue weighted by Crippen LogP contribution is -2.21. The van der Waals surface area contributed by atoms with Crippen LogP contribution in [0.2, 0.25) is 0 Å². The number of unbranched alkanes of at least 4 members (excludes halogenated alkanes) is 4. The molecule has 2 unspecified atom stereocenters. The highest BCUT2D eigenvalue weighted by Gasteiger charge is 2.36. The summed E-state index contributed by atoms with van der Waals surface area (Å²) in [6, 6.07) is 8.59. The maximum atomic E-state index is 12.3. The van der Waals surface area contributed by atoms with E-state index in [2.05, 4.69) is 31.2 Å². The van der Waals surface area contributed by atoms with E-state index in [1.54, 1.807) is 6.08 Å². The molecule has 0 aromatic heterocycles. The second-order valence-corrected chi connectivity index (χ2v) is 10.8. The number of allylic oxidation sites excluding steroid dienone is 1. The molecule has 0 N–H and O–H groups in total. The second kappa shape index (κ2) is 12.7. The fourth-order valence-corrected chi connectivity index (χ4v) is 6.12. The fourth-order valence-electron chi connectivity index (χ4n) is 6.12. The third kappa shape index (κ3) is 7.28. The first kappa shape index (κ1) is 25.2. The van der Waals surface area contributed by atoms with E-state index in [0.717, 1.165) is 43.4 Å². The van der Waals surface area contributed by atoms with Crippen molar-refractivity contribution in [3.8, 4) is 0 Å². The van der Waals surface area contributed by atoms with Crippen LogP contribution in [0, 0.1) is 11.8 Å². The van der Waals surface area contributed by atoms with Gasteiger partial charge in [0.15, 0.2) is 0 Å². The monoisotopic (exact) mass is 466 g/mol. The molecule has 0 aliphatic heterocycles. The lowest BCUT2D eigenvalue weighted by atomic mass is 9.82. The molecular formula is C30H42O4. The molecule has 3 aliphatic carbocycles. The predicted molar refractivity (Wildman–Crippen MR) is 134 cm³/mol. The number of esters is 1. The normalized spacial score (nSPS) is 27.8. The van der Waals surface area contributed by atoms with Crippen LogP contribution in [0.15, 0.2) is 35.9 Å². The zero-order chi connectivity index (χ0) is 23.8. The maximum Gasteiger partial charge on any atom is 0.331 e. The van der Waals surface area contributed by atoms with Crippen molar-refractivity contribution in [2.75, 3.05) is 6.61 Å². The smallest absolute Gasteiger partial charge is 0.331 e. The van der Waals surface area contributed by atoms with Crippen LogP contribution in [0.4, 0.5) is 0 Å². The van der Waals surface area contributed by atoms with Crippen LogP contribution in [0.3, 0.4) is 0 Å². The van der Waals surface area contributed by atoms with Crippen molar-refractivity contribution in [3.63, 3.8) is 0 Å². The highest BCUT2D eigenvalue weighted by Crippen LogP contribution is 2.44. The summed E-state index contributed by atoms with van der Waals surface area (Å²) in [5.74, 6) is 1.38. The molecule has 3 saturated carbocycles. The van der Waals surface area contributed by atoms with Gasteiger partial charge in [-0.1, -0.05) is 62.4 Å². The van der Waals surface area contributed by atoms with E-state index in [-0.39, 0.29) is 11.9 Å². The van der Waals surface area contributed by atoms with E-state index in [1.165, 1.54) is 50.5 Å². The first-order valence-electron chi connectivity index (χ1n) is 13.7. The zero-order valence-corrected chi connectivity index (χ0v) is 20.9. The van der Waals surface area contributed by atoms with Gasteiger partial charge >= 0.3 is 5.97 Å². The number of carbonyl (C=O) groups excluding carboxylic acids is 2. The molecule has 34 heavy (non-hydrogen) atoms. The van der Waals surface area contributed by atoms with Gasteiger partial charge in [0.25, 0.3) is 0 Å². The zero-order valence-electron chi connectivity index (χ0n) is 20.9. The van der Waals surface area contributed by atoms with Crippen LogP contribution in [-0.4, -0.2) is 24.5 Å². The Morgan fingerprint density at radius 1 is 0.941 bits per heavy atom. The summed E-state index contributed by atoms with van der Waals surface area (Å²) in [5.41, 5.74) is 3.53. The van der Waals surface area contributed by atoms with Gasteiger partial charge in [0.2, 0.25) is 0 Å². The number of Topliss-reactive ketones (excluding diaryl/α,β-unsaturated/α-hetero) is 1. The Bertz CT molecular complexity index is 832. The van der Waals surface area contributed by atoms with Crippen LogP contribution < -0.4 is 0 Å². The third-order valence-corrected chi connectivity index (χ3v) is 8.07. The average Bonchev–Trinajstić information content (AvgIpc) is 3.13. The molecule has 0 amide bonds. The summed E-state index contributed by atoms with van der Waals surface area (Å²) in [5, 5.41) is 0. The van der Waals surface area contributed by atoms with Gasteiger partial charge in [-0.3, -0.25) is 4.79 Å². The molecule has 4 rings (SSSR count). The van der Waals surface area contributed by atoms with E-state index in [4.69, 9.17) is 9.47 Å². The number of hydrogen-bond acceptors (Lipinski definition) is 4. The van der Waals surface area contributed by atoms with Crippen LogP contribution in [-0.2, 0) is 25.7 Å². The van der Waals surface area contributed by atoms with Gasteiger partial charge in [0.1, 0.15) is 12.4 Å². The van der Waals surface area contributed by atoms with Gasteiger partial charge in [0.05, 0.1) is 6.10 Å². The minimum atomic E-state index is -0.275. The van der Waals surface area contributed by atoms with Crippen molar-refractivity contribution >= 4 is 11.8 Å². The number of rotatable bonds is 11.